The summed E-state index contributed by atoms with van der Waals surface area (Å²) in [6, 6.07) is 15.0. The topological polar surface area (TPSA) is 59.2 Å². The van der Waals surface area contributed by atoms with Crippen LogP contribution in [0.25, 0.3) is 0 Å². The first-order valence-electron chi connectivity index (χ1n) is 17.6. The molecule has 1 fully saturated rings. The summed E-state index contributed by atoms with van der Waals surface area (Å²) in [5.41, 5.74) is 9.56. The number of anilines is 1. The van der Waals surface area contributed by atoms with Crippen LogP contribution < -0.4 is 5.73 Å². The third kappa shape index (κ3) is 18.9. The number of aromatic nitrogens is 1. The zero-order valence-electron chi connectivity index (χ0n) is 30.6. The minimum atomic E-state index is 0.447. The molecule has 0 bridgehead atoms. The van der Waals surface area contributed by atoms with Crippen molar-refractivity contribution in [2.24, 2.45) is 11.8 Å². The Hall–Kier alpha value is -2.50. The van der Waals surface area contributed by atoms with Crippen molar-refractivity contribution in [1.29, 1.82) is 0 Å². The molecule has 0 saturated heterocycles. The zero-order chi connectivity index (χ0) is 34.0. The van der Waals surface area contributed by atoms with Gasteiger partial charge in [0.15, 0.2) is 6.29 Å². The van der Waals surface area contributed by atoms with Crippen LogP contribution in [0.15, 0.2) is 54.0 Å². The molecule has 2 heterocycles. The highest BCUT2D eigenvalue weighted by Gasteiger charge is 2.28. The highest BCUT2D eigenvalue weighted by Crippen LogP contribution is 2.43. The predicted octanol–water partition coefficient (Wildman–Crippen LogP) is 11.9. The van der Waals surface area contributed by atoms with Gasteiger partial charge in [-0.1, -0.05) is 116 Å². The van der Waals surface area contributed by atoms with Gasteiger partial charge in [-0.15, -0.1) is 11.3 Å². The van der Waals surface area contributed by atoms with Crippen LogP contribution in [0.1, 0.15) is 144 Å². The molecule has 1 saturated carbocycles. The lowest BCUT2D eigenvalue weighted by molar-refractivity contribution is 0.112. The van der Waals surface area contributed by atoms with Gasteiger partial charge in [0.05, 0.1) is 0 Å². The number of nitrogens with two attached hydrogens (primary N) is 1. The van der Waals surface area contributed by atoms with E-state index in [0.717, 1.165) is 36.1 Å². The Balaban J connectivity index is 0.000000603. The number of hydrogen-bond acceptors (Lipinski definition) is 5. The van der Waals surface area contributed by atoms with Gasteiger partial charge in [0, 0.05) is 23.2 Å². The van der Waals surface area contributed by atoms with Crippen molar-refractivity contribution >= 4 is 23.4 Å². The molecular formula is C40H67N3OS. The van der Waals surface area contributed by atoms with Gasteiger partial charge in [-0.05, 0) is 99.5 Å². The number of aryl methyl sites for hydroxylation is 2. The van der Waals surface area contributed by atoms with E-state index in [2.05, 4.69) is 100 Å². The van der Waals surface area contributed by atoms with Crippen molar-refractivity contribution in [3.05, 3.63) is 81.2 Å². The quantitative estimate of drug-likeness (QED) is 0.201. The molecule has 0 amide bonds. The van der Waals surface area contributed by atoms with Crippen LogP contribution >= 0.6 is 11.3 Å². The average molecular weight is 638 g/mol. The maximum atomic E-state index is 10.3. The highest BCUT2D eigenvalue weighted by atomic mass is 32.1. The standard InChI is InChI=1S/C15H25N.C12H18S.C7H8N2O.C4H10.C2H6/c1-5-13(2)10-11-16(4)12-15-8-6-14(3)7-9-15;1-2-5-11(10-6-3-7-10)12-8-4-9-13-12;1-5-2-7(8)9-3-6(5)4-10;1-3-4-2;1-2/h6-9,13H,5,10-12H2,1-4H3;4,8-11H,2-3,5-7H2,1H3;2-4H,1H3,(H2,8,9);3-4H2,1-2H3;1-2H3. The first-order chi connectivity index (χ1) is 21.7. The van der Waals surface area contributed by atoms with Crippen molar-refractivity contribution in [3.8, 4) is 0 Å². The van der Waals surface area contributed by atoms with Gasteiger partial charge in [0.25, 0.3) is 0 Å². The van der Waals surface area contributed by atoms with E-state index in [1.165, 1.54) is 81.7 Å². The van der Waals surface area contributed by atoms with Crippen LogP contribution in [0, 0.1) is 25.7 Å². The number of carbonyl (C=O) groups is 1. The number of hydrogen-bond donors (Lipinski definition) is 1. The van der Waals surface area contributed by atoms with E-state index in [4.69, 9.17) is 5.73 Å². The Morgan fingerprint density at radius 1 is 1.00 bits per heavy atom. The first kappa shape index (κ1) is 42.5. The third-order valence-corrected chi connectivity index (χ3v) is 9.30. The van der Waals surface area contributed by atoms with Crippen molar-refractivity contribution in [2.45, 2.75) is 133 Å². The molecule has 4 nitrogen and oxygen atoms in total. The second kappa shape index (κ2) is 26.7. The Bertz CT molecular complexity index is 1090. The second-order valence-electron chi connectivity index (χ2n) is 12.2. The van der Waals surface area contributed by atoms with Crippen LogP contribution in [0.5, 0.6) is 0 Å². The summed E-state index contributed by atoms with van der Waals surface area (Å²) in [6.45, 7) is 21.5. The average Bonchev–Trinajstić information content (AvgIpc) is 3.57. The molecule has 3 aromatic rings. The van der Waals surface area contributed by atoms with Crippen LogP contribution in [0.3, 0.4) is 0 Å². The van der Waals surface area contributed by atoms with E-state index in [9.17, 15) is 4.79 Å². The summed E-state index contributed by atoms with van der Waals surface area (Å²) in [5.74, 6) is 3.20. The van der Waals surface area contributed by atoms with E-state index in [-0.39, 0.29) is 0 Å². The molecule has 2 N–H and O–H groups in total. The normalized spacial score (nSPS) is 13.2. The van der Waals surface area contributed by atoms with Gasteiger partial charge >= 0.3 is 0 Å². The smallest absolute Gasteiger partial charge is 0.151 e. The highest BCUT2D eigenvalue weighted by molar-refractivity contribution is 7.10. The lowest BCUT2D eigenvalue weighted by Gasteiger charge is -2.33. The first-order valence-corrected chi connectivity index (χ1v) is 18.5. The number of rotatable bonds is 12. The Morgan fingerprint density at radius 3 is 2.09 bits per heavy atom. The lowest BCUT2D eigenvalue weighted by Crippen LogP contribution is -2.20. The molecule has 2 atom stereocenters. The third-order valence-electron chi connectivity index (χ3n) is 8.30. The Labute approximate surface area is 282 Å². The molecule has 0 spiro atoms. The molecule has 0 aliphatic heterocycles. The predicted molar refractivity (Wildman–Crippen MR) is 202 cm³/mol. The fourth-order valence-electron chi connectivity index (χ4n) is 4.71. The van der Waals surface area contributed by atoms with Crippen LogP contribution in [-0.2, 0) is 6.54 Å². The molecule has 2 aromatic heterocycles. The van der Waals surface area contributed by atoms with Gasteiger partial charge in [0.2, 0.25) is 0 Å². The van der Waals surface area contributed by atoms with Crippen LogP contribution in [0.2, 0.25) is 0 Å². The van der Waals surface area contributed by atoms with Gasteiger partial charge < -0.3 is 10.6 Å². The summed E-state index contributed by atoms with van der Waals surface area (Å²) < 4.78 is 0. The lowest BCUT2D eigenvalue weighted by atomic mass is 9.73. The summed E-state index contributed by atoms with van der Waals surface area (Å²) >= 11 is 1.95. The monoisotopic (exact) mass is 638 g/mol. The molecule has 4 rings (SSSR count). The molecule has 254 valence electrons. The van der Waals surface area contributed by atoms with Crippen molar-refractivity contribution < 1.29 is 4.79 Å². The number of nitrogens with zero attached hydrogens (tertiary/aromatic N) is 2. The minimum Gasteiger partial charge on any atom is -0.384 e. The maximum absolute atomic E-state index is 10.3. The van der Waals surface area contributed by atoms with Crippen molar-refractivity contribution in [2.75, 3.05) is 19.3 Å². The van der Waals surface area contributed by atoms with Gasteiger partial charge in [-0.3, -0.25) is 4.79 Å². The fourth-order valence-corrected chi connectivity index (χ4v) is 5.66. The Morgan fingerprint density at radius 2 is 1.64 bits per heavy atom. The number of thiophene rings is 1. The number of benzene rings is 1. The van der Waals surface area contributed by atoms with E-state index < -0.39 is 0 Å². The summed E-state index contributed by atoms with van der Waals surface area (Å²) in [7, 11) is 2.21. The molecule has 1 aromatic carbocycles. The van der Waals surface area contributed by atoms with Gasteiger partial charge in [-0.25, -0.2) is 4.98 Å². The summed E-state index contributed by atoms with van der Waals surface area (Å²) in [4.78, 5) is 18.1. The molecule has 45 heavy (non-hydrogen) atoms. The molecule has 1 aliphatic rings. The summed E-state index contributed by atoms with van der Waals surface area (Å²) in [6.07, 6.45) is 14.6. The van der Waals surface area contributed by atoms with Crippen molar-refractivity contribution in [1.82, 2.24) is 9.88 Å². The van der Waals surface area contributed by atoms with Crippen molar-refractivity contribution in [3.63, 3.8) is 0 Å². The van der Waals surface area contributed by atoms with Crippen LogP contribution in [-0.4, -0.2) is 29.8 Å². The van der Waals surface area contributed by atoms with E-state index in [0.29, 0.717) is 11.4 Å². The minimum absolute atomic E-state index is 0.447. The van der Waals surface area contributed by atoms with Gasteiger partial charge in [0.1, 0.15) is 5.82 Å². The Kier molecular flexibility index (Phi) is 25.2. The number of aldehydes is 1. The largest absolute Gasteiger partial charge is 0.384 e. The van der Waals surface area contributed by atoms with E-state index >= 15 is 0 Å². The van der Waals surface area contributed by atoms with Crippen LogP contribution in [0.4, 0.5) is 5.82 Å². The molecule has 2 unspecified atom stereocenters. The number of pyridine rings is 1. The number of nitrogen functional groups attached to an aromatic ring is 1. The fraction of sp³-hybridized carbons (Fsp3) is 0.600. The maximum Gasteiger partial charge on any atom is 0.151 e. The van der Waals surface area contributed by atoms with E-state index in [1.54, 1.807) is 10.9 Å². The molecule has 0 radical (unpaired) electrons. The van der Waals surface area contributed by atoms with E-state index in [1.807, 2.05) is 32.1 Å². The molecule has 1 aliphatic carbocycles. The summed E-state index contributed by atoms with van der Waals surface area (Å²) in [5, 5.41) is 2.22. The number of carbonyl (C=O) groups excluding carboxylic acids is 1. The van der Waals surface area contributed by atoms with Gasteiger partial charge in [-0.2, -0.15) is 0 Å². The zero-order valence-corrected chi connectivity index (χ0v) is 31.4. The molecule has 5 heteroatoms. The second-order valence-corrected chi connectivity index (χ2v) is 13.2. The number of unbranched alkanes of at least 4 members (excludes halogenated alkanes) is 1. The SMILES string of the molecule is CC.CCC(C)CCN(C)Cc1ccc(C)cc1.CCCC.CCCC(c1cccs1)C1CCC1.Cc1cc(N)ncc1C=O. The molecular weight excluding hydrogens is 571 g/mol.